The molecule has 39 heavy (non-hydrogen) atoms. The van der Waals surface area contributed by atoms with E-state index in [1.807, 2.05) is 6.07 Å². The molecule has 0 saturated carbocycles. The molecule has 0 aromatic carbocycles. The van der Waals surface area contributed by atoms with Crippen molar-refractivity contribution in [3.05, 3.63) is 65.2 Å². The molecule has 12 heteroatoms. The van der Waals surface area contributed by atoms with Gasteiger partial charge in [0.2, 0.25) is 5.89 Å². The lowest BCUT2D eigenvalue weighted by Gasteiger charge is -2.37. The van der Waals surface area contributed by atoms with Crippen LogP contribution in [0.2, 0.25) is 0 Å². The molecule has 1 N–H and O–H groups in total. The van der Waals surface area contributed by atoms with Crippen LogP contribution in [0.15, 0.2) is 58.3 Å². The smallest absolute Gasteiger partial charge is 0.407 e. The third-order valence-corrected chi connectivity index (χ3v) is 7.22. The summed E-state index contributed by atoms with van der Waals surface area (Å²) in [6, 6.07) is 6.75. The molecule has 0 unspecified atom stereocenters. The Labute approximate surface area is 223 Å². The zero-order chi connectivity index (χ0) is 26.8. The van der Waals surface area contributed by atoms with E-state index in [4.69, 9.17) is 13.9 Å². The molecule has 1 fully saturated rings. The number of carbonyl (C=O) groups is 1. The van der Waals surface area contributed by atoms with E-state index < -0.39 is 6.09 Å². The van der Waals surface area contributed by atoms with Crippen molar-refractivity contribution in [2.24, 2.45) is 0 Å². The highest BCUT2D eigenvalue weighted by Gasteiger charge is 2.29. The number of carboxylic acid groups (broad SMARTS) is 1. The van der Waals surface area contributed by atoms with E-state index in [0.717, 1.165) is 18.6 Å². The molecular weight excluding hydrogens is 504 g/mol. The lowest BCUT2D eigenvalue weighted by molar-refractivity contribution is 0.0848. The van der Waals surface area contributed by atoms with Gasteiger partial charge in [0.05, 0.1) is 41.2 Å². The molecule has 6 rings (SSSR count). The van der Waals surface area contributed by atoms with Gasteiger partial charge in [-0.15, -0.1) is 0 Å². The first-order valence-electron chi connectivity index (χ1n) is 12.9. The van der Waals surface area contributed by atoms with Crippen molar-refractivity contribution in [3.63, 3.8) is 0 Å². The molecule has 0 spiro atoms. The maximum absolute atomic E-state index is 12.8. The molecule has 0 bridgehead atoms. The average molecular weight is 533 g/mol. The quantitative estimate of drug-likeness (QED) is 0.378. The summed E-state index contributed by atoms with van der Waals surface area (Å²) < 4.78 is 18.2. The predicted octanol–water partition coefficient (Wildman–Crippen LogP) is 2.86. The molecule has 0 aliphatic carbocycles. The largest absolute Gasteiger partial charge is 0.486 e. The van der Waals surface area contributed by atoms with Gasteiger partial charge in [-0.25, -0.2) is 9.78 Å². The fourth-order valence-electron chi connectivity index (χ4n) is 5.18. The summed E-state index contributed by atoms with van der Waals surface area (Å²) in [5.74, 6) is 1.62. The fourth-order valence-corrected chi connectivity index (χ4v) is 5.18. The molecule has 0 atom stereocenters. The molecule has 1 amide bonds. The van der Waals surface area contributed by atoms with Crippen LogP contribution >= 0.6 is 0 Å². The van der Waals surface area contributed by atoms with Gasteiger partial charge in [0.1, 0.15) is 19.5 Å². The Morgan fingerprint density at radius 3 is 2.62 bits per heavy atom. The molecule has 0 radical (unpaired) electrons. The van der Waals surface area contributed by atoms with Crippen molar-refractivity contribution < 1.29 is 23.8 Å². The third-order valence-electron chi connectivity index (χ3n) is 7.22. The highest BCUT2D eigenvalue weighted by atomic mass is 16.6. The van der Waals surface area contributed by atoms with Crippen LogP contribution < -0.4 is 15.0 Å². The predicted molar refractivity (Wildman–Crippen MR) is 140 cm³/mol. The molecule has 4 aromatic rings. The number of rotatable bonds is 7. The first-order valence-corrected chi connectivity index (χ1v) is 12.9. The number of fused-ring (bicyclic) bond motifs is 2. The van der Waals surface area contributed by atoms with Crippen LogP contribution in [0.1, 0.15) is 18.5 Å². The normalized spacial score (nSPS) is 15.9. The Morgan fingerprint density at radius 1 is 1.03 bits per heavy atom. The van der Waals surface area contributed by atoms with Gasteiger partial charge in [-0.3, -0.25) is 19.7 Å². The summed E-state index contributed by atoms with van der Waals surface area (Å²) in [7, 11) is 0. The van der Waals surface area contributed by atoms with Gasteiger partial charge < -0.3 is 28.5 Å². The Kier molecular flexibility index (Phi) is 6.84. The number of oxazole rings is 1. The summed E-state index contributed by atoms with van der Waals surface area (Å²) in [5.41, 5.74) is 2.66. The SMILES string of the molecule is O=C(O)N(Cc1cc2c(cn1)OCCO2)C1CCN(CCn2c(=O)ccc3ncc(-c4ncco4)cc32)CC1. The summed E-state index contributed by atoms with van der Waals surface area (Å²) in [6.45, 7) is 3.71. The van der Waals surface area contributed by atoms with Crippen LogP contribution in [-0.4, -0.2) is 79.4 Å². The highest BCUT2D eigenvalue weighted by Crippen LogP contribution is 2.30. The zero-order valence-corrected chi connectivity index (χ0v) is 21.2. The number of hydrogen-bond acceptors (Lipinski definition) is 9. The molecular formula is C27H28N6O6. The van der Waals surface area contributed by atoms with Crippen molar-refractivity contribution in [3.8, 4) is 23.0 Å². The van der Waals surface area contributed by atoms with E-state index in [1.165, 1.54) is 17.2 Å². The van der Waals surface area contributed by atoms with Crippen molar-refractivity contribution in [1.29, 1.82) is 0 Å². The van der Waals surface area contributed by atoms with E-state index in [2.05, 4.69) is 19.9 Å². The maximum atomic E-state index is 12.8. The van der Waals surface area contributed by atoms with Gasteiger partial charge in [0.25, 0.3) is 5.56 Å². The van der Waals surface area contributed by atoms with Crippen LogP contribution in [0.3, 0.4) is 0 Å². The average Bonchev–Trinajstić information content (AvgIpc) is 3.51. The molecule has 12 nitrogen and oxygen atoms in total. The number of ether oxygens (including phenoxy) is 2. The minimum absolute atomic E-state index is 0.104. The second-order valence-electron chi connectivity index (χ2n) is 9.59. The van der Waals surface area contributed by atoms with Crippen LogP contribution in [0.4, 0.5) is 4.79 Å². The topological polar surface area (TPSA) is 136 Å². The minimum atomic E-state index is -0.971. The zero-order valence-electron chi connectivity index (χ0n) is 21.2. The van der Waals surface area contributed by atoms with Crippen molar-refractivity contribution in [2.45, 2.75) is 32.0 Å². The summed E-state index contributed by atoms with van der Waals surface area (Å²) in [6.07, 6.45) is 6.75. The molecule has 4 aromatic heterocycles. The first kappa shape index (κ1) is 24.9. The van der Waals surface area contributed by atoms with Crippen molar-refractivity contribution >= 4 is 17.1 Å². The van der Waals surface area contributed by atoms with Gasteiger partial charge in [-0.2, -0.15) is 0 Å². The molecule has 202 valence electrons. The van der Waals surface area contributed by atoms with Gasteiger partial charge in [-0.1, -0.05) is 0 Å². The van der Waals surface area contributed by atoms with Gasteiger partial charge >= 0.3 is 6.09 Å². The van der Waals surface area contributed by atoms with E-state index in [1.54, 1.807) is 35.3 Å². The van der Waals surface area contributed by atoms with Gasteiger partial charge in [0.15, 0.2) is 11.5 Å². The standard InChI is InChI=1S/C27H28N6O6/c34-25-2-1-21-22(13-18(15-30-21)26-28-5-10-39-26)32(25)9-8-31-6-3-20(4-7-31)33(27(35)36)17-19-14-23-24(16-29-19)38-12-11-37-23/h1-2,5,10,13-16,20H,3-4,6-9,11-12,17H2,(H,35,36). The third kappa shape index (κ3) is 5.28. The fraction of sp³-hybridized carbons (Fsp3) is 0.370. The molecule has 6 heterocycles. The number of amides is 1. The summed E-state index contributed by atoms with van der Waals surface area (Å²) in [5, 5.41) is 9.94. The number of hydrogen-bond donors (Lipinski definition) is 1. The van der Waals surface area contributed by atoms with E-state index in [9.17, 15) is 14.7 Å². The minimum Gasteiger partial charge on any atom is -0.486 e. The Morgan fingerprint density at radius 2 is 1.85 bits per heavy atom. The number of aromatic nitrogens is 4. The Bertz CT molecular complexity index is 1530. The number of nitrogens with zero attached hydrogens (tertiary/aromatic N) is 6. The van der Waals surface area contributed by atoms with E-state index in [0.29, 0.717) is 73.3 Å². The number of piperidine rings is 1. The number of pyridine rings is 3. The van der Waals surface area contributed by atoms with Gasteiger partial charge in [-0.05, 0) is 25.0 Å². The lowest BCUT2D eigenvalue weighted by Crippen LogP contribution is -2.47. The van der Waals surface area contributed by atoms with Crippen LogP contribution in [0.25, 0.3) is 22.5 Å². The molecule has 2 aliphatic rings. The second-order valence-corrected chi connectivity index (χ2v) is 9.59. The first-order chi connectivity index (χ1) is 19.0. The van der Waals surface area contributed by atoms with Crippen molar-refractivity contribution in [2.75, 3.05) is 32.8 Å². The van der Waals surface area contributed by atoms with Crippen molar-refractivity contribution in [1.82, 2.24) is 29.3 Å². The monoisotopic (exact) mass is 532 g/mol. The van der Waals surface area contributed by atoms with E-state index >= 15 is 0 Å². The van der Waals surface area contributed by atoms with Crippen LogP contribution in [-0.2, 0) is 13.1 Å². The summed E-state index contributed by atoms with van der Waals surface area (Å²) >= 11 is 0. The maximum Gasteiger partial charge on any atom is 0.407 e. The van der Waals surface area contributed by atoms with Gasteiger partial charge in [0, 0.05) is 50.6 Å². The van der Waals surface area contributed by atoms with E-state index in [-0.39, 0.29) is 18.1 Å². The molecule has 2 aliphatic heterocycles. The number of likely N-dealkylation sites (tertiary alicyclic amines) is 1. The van der Waals surface area contributed by atoms with Crippen LogP contribution in [0, 0.1) is 0 Å². The second kappa shape index (κ2) is 10.7. The highest BCUT2D eigenvalue weighted by molar-refractivity contribution is 5.78. The summed E-state index contributed by atoms with van der Waals surface area (Å²) in [4.78, 5) is 41.7. The Hall–Kier alpha value is -4.45. The lowest BCUT2D eigenvalue weighted by atomic mass is 10.0. The Balaban J connectivity index is 1.10. The van der Waals surface area contributed by atoms with Crippen LogP contribution in [0.5, 0.6) is 11.5 Å². The molecule has 1 saturated heterocycles.